The Bertz CT molecular complexity index is 687. The molecule has 3 aromatic rings. The number of hydrogen-bond acceptors (Lipinski definition) is 2. The number of nitrogens with two attached hydrogens (primary N) is 1. The lowest BCUT2D eigenvalue weighted by Gasteiger charge is -2.02. The second-order valence-electron chi connectivity index (χ2n) is 4.21. The molecule has 0 bridgehead atoms. The number of aromatic nitrogens is 2. The van der Waals surface area contributed by atoms with Crippen LogP contribution in [0.3, 0.4) is 0 Å². The Hall–Kier alpha value is -2.26. The van der Waals surface area contributed by atoms with Gasteiger partial charge in [-0.3, -0.25) is 0 Å². The molecule has 0 aliphatic carbocycles. The minimum absolute atomic E-state index is 0.608. The first kappa shape index (κ1) is 11.8. The molecule has 4 heteroatoms. The van der Waals surface area contributed by atoms with E-state index in [1.807, 2.05) is 60.7 Å². The first-order valence-corrected chi connectivity index (χ1v) is 6.29. The molecule has 0 atom stereocenters. The molecule has 0 aliphatic heterocycles. The van der Waals surface area contributed by atoms with Crippen molar-refractivity contribution in [3.63, 3.8) is 0 Å². The van der Waals surface area contributed by atoms with Crippen molar-refractivity contribution in [1.29, 1.82) is 0 Å². The van der Waals surface area contributed by atoms with Crippen molar-refractivity contribution in [2.45, 2.75) is 0 Å². The average Bonchev–Trinajstić information content (AvgIpc) is 2.83. The molecule has 0 fully saturated rings. The quantitative estimate of drug-likeness (QED) is 0.769. The molecule has 3 rings (SSSR count). The van der Waals surface area contributed by atoms with E-state index in [9.17, 15) is 0 Å². The fraction of sp³-hybridized carbons (Fsp3) is 0. The number of rotatable bonds is 2. The van der Waals surface area contributed by atoms with Gasteiger partial charge >= 0.3 is 0 Å². The van der Waals surface area contributed by atoms with E-state index in [1.165, 1.54) is 0 Å². The van der Waals surface area contributed by atoms with Gasteiger partial charge in [0.25, 0.3) is 0 Å². The lowest BCUT2D eigenvalue weighted by Crippen LogP contribution is -2.00. The van der Waals surface area contributed by atoms with E-state index in [2.05, 4.69) is 5.10 Å². The van der Waals surface area contributed by atoms with Crippen molar-refractivity contribution in [2.24, 2.45) is 0 Å². The predicted molar refractivity (Wildman–Crippen MR) is 78.4 cm³/mol. The summed E-state index contributed by atoms with van der Waals surface area (Å²) in [6, 6.07) is 19.2. The third kappa shape index (κ3) is 2.33. The van der Waals surface area contributed by atoms with Crippen LogP contribution in [0.5, 0.6) is 0 Å². The van der Waals surface area contributed by atoms with Crippen molar-refractivity contribution in [2.75, 3.05) is 5.73 Å². The zero-order valence-corrected chi connectivity index (χ0v) is 10.9. The van der Waals surface area contributed by atoms with E-state index in [0.717, 1.165) is 16.9 Å². The molecular weight excluding hydrogens is 258 g/mol. The second-order valence-corrected chi connectivity index (χ2v) is 4.65. The SMILES string of the molecule is Nc1cc(-c2ccc(Cl)cc2)nn1-c1ccccc1. The van der Waals surface area contributed by atoms with Gasteiger partial charge in [0, 0.05) is 16.7 Å². The van der Waals surface area contributed by atoms with Gasteiger partial charge in [-0.05, 0) is 24.3 Å². The van der Waals surface area contributed by atoms with Crippen molar-refractivity contribution in [1.82, 2.24) is 9.78 Å². The average molecular weight is 270 g/mol. The van der Waals surface area contributed by atoms with Gasteiger partial charge in [-0.1, -0.05) is 41.9 Å². The van der Waals surface area contributed by atoms with Crippen LogP contribution in [0.4, 0.5) is 5.82 Å². The summed E-state index contributed by atoms with van der Waals surface area (Å²) in [5, 5.41) is 5.24. The number of nitrogens with zero attached hydrogens (tertiary/aromatic N) is 2. The van der Waals surface area contributed by atoms with E-state index in [1.54, 1.807) is 4.68 Å². The first-order chi connectivity index (χ1) is 9.24. The molecule has 0 saturated heterocycles. The number of para-hydroxylation sites is 1. The van der Waals surface area contributed by atoms with Gasteiger partial charge in [-0.15, -0.1) is 0 Å². The van der Waals surface area contributed by atoms with Gasteiger partial charge in [0.05, 0.1) is 11.4 Å². The maximum Gasteiger partial charge on any atom is 0.127 e. The molecule has 0 aliphatic rings. The third-order valence-electron chi connectivity index (χ3n) is 2.88. The van der Waals surface area contributed by atoms with Crippen LogP contribution in [0.2, 0.25) is 5.02 Å². The number of halogens is 1. The highest BCUT2D eigenvalue weighted by Gasteiger charge is 2.08. The van der Waals surface area contributed by atoms with Crippen LogP contribution >= 0.6 is 11.6 Å². The van der Waals surface area contributed by atoms with E-state index in [-0.39, 0.29) is 0 Å². The normalized spacial score (nSPS) is 10.6. The van der Waals surface area contributed by atoms with Gasteiger partial charge in [0.2, 0.25) is 0 Å². The summed E-state index contributed by atoms with van der Waals surface area (Å²) in [6.07, 6.45) is 0. The fourth-order valence-electron chi connectivity index (χ4n) is 1.93. The minimum Gasteiger partial charge on any atom is -0.384 e. The molecule has 0 radical (unpaired) electrons. The summed E-state index contributed by atoms with van der Waals surface area (Å²) in [7, 11) is 0. The molecule has 2 aromatic carbocycles. The zero-order chi connectivity index (χ0) is 13.2. The zero-order valence-electron chi connectivity index (χ0n) is 10.1. The van der Waals surface area contributed by atoms with Crippen molar-refractivity contribution < 1.29 is 0 Å². The third-order valence-corrected chi connectivity index (χ3v) is 3.13. The van der Waals surface area contributed by atoms with E-state index >= 15 is 0 Å². The van der Waals surface area contributed by atoms with Crippen LogP contribution < -0.4 is 5.73 Å². The second kappa shape index (κ2) is 4.78. The molecule has 1 aromatic heterocycles. The van der Waals surface area contributed by atoms with Crippen LogP contribution in [0, 0.1) is 0 Å². The Labute approximate surface area is 116 Å². The fourth-order valence-corrected chi connectivity index (χ4v) is 2.06. The van der Waals surface area contributed by atoms with Gasteiger partial charge in [-0.25, -0.2) is 4.68 Å². The smallest absolute Gasteiger partial charge is 0.127 e. The topological polar surface area (TPSA) is 43.8 Å². The van der Waals surface area contributed by atoms with Crippen LogP contribution in [0.15, 0.2) is 60.7 Å². The highest BCUT2D eigenvalue weighted by Crippen LogP contribution is 2.24. The number of benzene rings is 2. The Morgan fingerprint density at radius 2 is 1.63 bits per heavy atom. The number of nitrogen functional groups attached to an aromatic ring is 1. The standard InChI is InChI=1S/C15H12ClN3/c16-12-8-6-11(7-9-12)14-10-15(17)19(18-14)13-4-2-1-3-5-13/h1-10H,17H2. The van der Waals surface area contributed by atoms with Crippen molar-refractivity contribution >= 4 is 17.4 Å². The molecule has 19 heavy (non-hydrogen) atoms. The van der Waals surface area contributed by atoms with Crippen molar-refractivity contribution in [3.8, 4) is 16.9 Å². The Morgan fingerprint density at radius 3 is 2.32 bits per heavy atom. The summed E-state index contributed by atoms with van der Waals surface area (Å²) in [6.45, 7) is 0. The lowest BCUT2D eigenvalue weighted by atomic mass is 10.1. The van der Waals surface area contributed by atoms with Crippen LogP contribution in [0.1, 0.15) is 0 Å². The summed E-state index contributed by atoms with van der Waals surface area (Å²) in [5.41, 5.74) is 8.78. The maximum absolute atomic E-state index is 6.02. The molecule has 94 valence electrons. The van der Waals surface area contributed by atoms with Gasteiger partial charge in [-0.2, -0.15) is 5.10 Å². The minimum atomic E-state index is 0.608. The van der Waals surface area contributed by atoms with Crippen LogP contribution in [-0.2, 0) is 0 Å². The van der Waals surface area contributed by atoms with Gasteiger partial charge < -0.3 is 5.73 Å². The predicted octanol–water partition coefficient (Wildman–Crippen LogP) is 3.77. The molecule has 0 saturated carbocycles. The summed E-state index contributed by atoms with van der Waals surface area (Å²) < 4.78 is 1.73. The molecule has 0 unspecified atom stereocenters. The van der Waals surface area contributed by atoms with Gasteiger partial charge in [0.15, 0.2) is 0 Å². The monoisotopic (exact) mass is 269 g/mol. The lowest BCUT2D eigenvalue weighted by molar-refractivity contribution is 0.895. The van der Waals surface area contributed by atoms with Gasteiger partial charge in [0.1, 0.15) is 5.82 Å². The summed E-state index contributed by atoms with van der Waals surface area (Å²) in [5.74, 6) is 0.608. The molecule has 1 heterocycles. The molecule has 0 amide bonds. The van der Waals surface area contributed by atoms with E-state index < -0.39 is 0 Å². The first-order valence-electron chi connectivity index (χ1n) is 5.91. The van der Waals surface area contributed by atoms with Crippen LogP contribution in [-0.4, -0.2) is 9.78 Å². The number of hydrogen-bond donors (Lipinski definition) is 1. The summed E-state index contributed by atoms with van der Waals surface area (Å²) >= 11 is 5.88. The molecule has 3 nitrogen and oxygen atoms in total. The maximum atomic E-state index is 6.02. The largest absolute Gasteiger partial charge is 0.384 e. The highest BCUT2D eigenvalue weighted by atomic mass is 35.5. The van der Waals surface area contributed by atoms with Crippen molar-refractivity contribution in [3.05, 3.63) is 65.7 Å². The van der Waals surface area contributed by atoms with E-state index in [0.29, 0.717) is 10.8 Å². The Balaban J connectivity index is 2.04. The molecule has 0 spiro atoms. The Kier molecular flexibility index (Phi) is 2.97. The molecule has 2 N–H and O–H groups in total. The highest BCUT2D eigenvalue weighted by molar-refractivity contribution is 6.30. The molecular formula is C15H12ClN3. The van der Waals surface area contributed by atoms with E-state index in [4.69, 9.17) is 17.3 Å². The summed E-state index contributed by atoms with van der Waals surface area (Å²) in [4.78, 5) is 0. The Morgan fingerprint density at radius 1 is 0.947 bits per heavy atom. The number of anilines is 1. The van der Waals surface area contributed by atoms with Crippen LogP contribution in [0.25, 0.3) is 16.9 Å².